The Morgan fingerprint density at radius 1 is 1.11 bits per heavy atom. The summed E-state index contributed by atoms with van der Waals surface area (Å²) in [5.41, 5.74) is 5.16. The number of hydrogen-bond acceptors (Lipinski definition) is 5. The maximum atomic E-state index is 12.4. The number of urea groups is 1. The van der Waals surface area contributed by atoms with E-state index in [1.54, 1.807) is 0 Å². The second kappa shape index (κ2) is 8.51. The average Bonchev–Trinajstić information content (AvgIpc) is 2.58. The van der Waals surface area contributed by atoms with Crippen LogP contribution >= 0.6 is 34.8 Å². The highest BCUT2D eigenvalue weighted by Crippen LogP contribution is 2.43. The Morgan fingerprint density at radius 3 is 2.37 bits per heavy atom. The van der Waals surface area contributed by atoms with E-state index < -0.39 is 33.3 Å². The number of sulfonamides is 1. The number of aliphatic hydroxyl groups excluding tert-OH is 1. The molecule has 0 aliphatic rings. The Bertz CT molecular complexity index is 985. The van der Waals surface area contributed by atoms with Crippen LogP contribution in [0.15, 0.2) is 35.2 Å². The maximum Gasteiger partial charge on any atom is 0.324 e. The first-order valence-electron chi connectivity index (χ1n) is 7.27. The number of carbonyl (C=O) groups is 1. The highest BCUT2D eigenvalue weighted by molar-refractivity contribution is 7.89. The number of rotatable bonds is 6. The molecule has 0 atom stereocenters. The van der Waals surface area contributed by atoms with Gasteiger partial charge in [0.25, 0.3) is 0 Å². The van der Waals surface area contributed by atoms with Crippen molar-refractivity contribution < 1.29 is 23.4 Å². The van der Waals surface area contributed by atoms with E-state index in [1.165, 1.54) is 30.3 Å². The lowest BCUT2D eigenvalue weighted by molar-refractivity contribution is 0.256. The van der Waals surface area contributed by atoms with Gasteiger partial charge in [0.15, 0.2) is 5.75 Å². The van der Waals surface area contributed by atoms with Gasteiger partial charge in [-0.1, -0.05) is 40.9 Å². The van der Waals surface area contributed by atoms with Gasteiger partial charge in [0.2, 0.25) is 10.0 Å². The predicted octanol–water partition coefficient (Wildman–Crippen LogP) is 2.84. The van der Waals surface area contributed by atoms with Crippen LogP contribution in [-0.4, -0.2) is 37.8 Å². The van der Waals surface area contributed by atoms with Gasteiger partial charge in [-0.15, -0.1) is 0 Å². The van der Waals surface area contributed by atoms with Crippen molar-refractivity contribution in [3.63, 3.8) is 0 Å². The number of amides is 2. The molecular formula is C15H14Cl3N3O5S. The number of phenolic OH excluding ortho intramolecular Hbond substituents is 1. The van der Waals surface area contributed by atoms with Crippen molar-refractivity contribution in [3.8, 4) is 5.75 Å². The lowest BCUT2D eigenvalue weighted by Crippen LogP contribution is -2.32. The summed E-state index contributed by atoms with van der Waals surface area (Å²) in [6, 6.07) is 5.69. The van der Waals surface area contributed by atoms with E-state index >= 15 is 0 Å². The molecule has 146 valence electrons. The molecule has 5 N–H and O–H groups in total. The minimum atomic E-state index is -4.30. The zero-order valence-corrected chi connectivity index (χ0v) is 16.6. The molecule has 0 spiro atoms. The first-order chi connectivity index (χ1) is 12.6. The Hall–Kier alpha value is -1.75. The second-order valence-corrected chi connectivity index (χ2v) is 8.01. The van der Waals surface area contributed by atoms with Crippen molar-refractivity contribution in [1.82, 2.24) is 4.72 Å². The summed E-state index contributed by atoms with van der Waals surface area (Å²) in [4.78, 5) is 12.2. The first-order valence-corrected chi connectivity index (χ1v) is 9.89. The molecule has 0 fully saturated rings. The molecule has 12 heteroatoms. The Kier molecular flexibility index (Phi) is 6.79. The largest absolute Gasteiger partial charge is 0.504 e. The fraction of sp³-hybridized carbons (Fsp3) is 0.133. The fourth-order valence-corrected chi connectivity index (χ4v) is 4.28. The van der Waals surface area contributed by atoms with Gasteiger partial charge in [-0.25, -0.2) is 17.9 Å². The van der Waals surface area contributed by atoms with Crippen LogP contribution in [0.3, 0.4) is 0 Å². The monoisotopic (exact) mass is 453 g/mol. The number of phenols is 1. The van der Waals surface area contributed by atoms with Crippen molar-refractivity contribution >= 4 is 62.2 Å². The minimum absolute atomic E-state index is 0.0287. The highest BCUT2D eigenvalue weighted by Gasteiger charge is 2.29. The van der Waals surface area contributed by atoms with E-state index in [2.05, 4.69) is 4.72 Å². The Balaban J connectivity index is 2.71. The Morgan fingerprint density at radius 2 is 1.78 bits per heavy atom. The first kappa shape index (κ1) is 21.5. The van der Waals surface area contributed by atoms with Crippen LogP contribution < -0.4 is 15.4 Å². The number of aliphatic hydroxyl groups is 1. The van der Waals surface area contributed by atoms with Crippen molar-refractivity contribution in [2.45, 2.75) is 4.90 Å². The molecule has 2 amide bonds. The van der Waals surface area contributed by atoms with Gasteiger partial charge in [-0.2, -0.15) is 0 Å². The third-order valence-corrected chi connectivity index (χ3v) is 6.14. The molecule has 8 nitrogen and oxygen atoms in total. The van der Waals surface area contributed by atoms with Gasteiger partial charge >= 0.3 is 6.03 Å². The maximum absolute atomic E-state index is 12.4. The topological polar surface area (TPSA) is 133 Å². The van der Waals surface area contributed by atoms with E-state index in [9.17, 15) is 18.3 Å². The molecule has 0 bridgehead atoms. The van der Waals surface area contributed by atoms with E-state index in [0.29, 0.717) is 0 Å². The summed E-state index contributed by atoms with van der Waals surface area (Å²) in [6.07, 6.45) is 0. The molecule has 0 aliphatic heterocycles. The lowest BCUT2D eigenvalue weighted by Gasteiger charge is -2.24. The quantitative estimate of drug-likeness (QED) is 0.532. The van der Waals surface area contributed by atoms with Crippen LogP contribution in [0.4, 0.5) is 16.2 Å². The van der Waals surface area contributed by atoms with Crippen LogP contribution in [0, 0.1) is 0 Å². The molecule has 0 aromatic heterocycles. The van der Waals surface area contributed by atoms with Crippen LogP contribution in [0.2, 0.25) is 15.1 Å². The molecule has 2 aromatic carbocycles. The van der Waals surface area contributed by atoms with E-state index in [0.717, 1.165) is 4.90 Å². The molecule has 0 saturated heterocycles. The molecule has 0 saturated carbocycles. The molecule has 0 radical (unpaired) electrons. The van der Waals surface area contributed by atoms with Crippen molar-refractivity contribution in [3.05, 3.63) is 45.4 Å². The molecule has 27 heavy (non-hydrogen) atoms. The number of primary amides is 1. The number of halogens is 3. The number of nitrogens with zero attached hydrogens (tertiary/aromatic N) is 1. The number of carbonyl (C=O) groups excluding carboxylic acids is 1. The fourth-order valence-electron chi connectivity index (χ4n) is 2.26. The zero-order valence-electron chi connectivity index (χ0n) is 13.5. The molecular weight excluding hydrogens is 441 g/mol. The van der Waals surface area contributed by atoms with Crippen LogP contribution in [0.25, 0.3) is 0 Å². The van der Waals surface area contributed by atoms with Gasteiger partial charge in [-0.05, 0) is 24.3 Å². The van der Waals surface area contributed by atoms with Gasteiger partial charge < -0.3 is 15.9 Å². The summed E-state index contributed by atoms with van der Waals surface area (Å²) in [5, 5.41) is 19.2. The standard InChI is InChI=1S/C15H14Cl3N3O5S/c16-8-2-1-3-10(12(8)18)21(15(19)24)11-5-4-9(17)14(13(11)23)27(25,26)20-6-7-22/h1-5,20,22-23H,6-7H2,(H2,19,24). The third kappa shape index (κ3) is 4.40. The Labute approximate surface area is 170 Å². The van der Waals surface area contributed by atoms with Gasteiger partial charge in [-0.3, -0.25) is 4.90 Å². The summed E-state index contributed by atoms with van der Waals surface area (Å²) in [6.45, 7) is -0.773. The summed E-state index contributed by atoms with van der Waals surface area (Å²) >= 11 is 18.0. The second-order valence-electron chi connectivity index (χ2n) is 5.11. The average molecular weight is 455 g/mol. The van der Waals surface area contributed by atoms with Crippen LogP contribution in [0.1, 0.15) is 0 Å². The van der Waals surface area contributed by atoms with Crippen LogP contribution in [-0.2, 0) is 10.0 Å². The predicted molar refractivity (Wildman–Crippen MR) is 104 cm³/mol. The minimum Gasteiger partial charge on any atom is -0.504 e. The van der Waals surface area contributed by atoms with E-state index in [-0.39, 0.29) is 33.0 Å². The molecule has 0 unspecified atom stereocenters. The molecule has 0 aliphatic carbocycles. The third-order valence-electron chi connectivity index (χ3n) is 3.37. The van der Waals surface area contributed by atoms with Gasteiger partial charge in [0.05, 0.1) is 33.0 Å². The molecule has 0 heterocycles. The number of anilines is 2. The lowest BCUT2D eigenvalue weighted by atomic mass is 10.2. The SMILES string of the molecule is NC(=O)N(c1ccc(Cl)c(S(=O)(=O)NCCO)c1O)c1cccc(Cl)c1Cl. The molecule has 2 aromatic rings. The van der Waals surface area contributed by atoms with Gasteiger partial charge in [0.1, 0.15) is 4.90 Å². The van der Waals surface area contributed by atoms with Crippen molar-refractivity contribution in [2.75, 3.05) is 18.1 Å². The number of aromatic hydroxyl groups is 1. The number of nitrogens with two attached hydrogens (primary N) is 1. The van der Waals surface area contributed by atoms with E-state index in [4.69, 9.17) is 45.6 Å². The van der Waals surface area contributed by atoms with Crippen molar-refractivity contribution in [2.24, 2.45) is 5.73 Å². The number of hydrogen-bond donors (Lipinski definition) is 4. The summed E-state index contributed by atoms with van der Waals surface area (Å²) in [5.74, 6) is -0.831. The molecule has 2 rings (SSSR count). The zero-order chi connectivity index (χ0) is 20.4. The summed E-state index contributed by atoms with van der Waals surface area (Å²) in [7, 11) is -4.30. The number of nitrogens with one attached hydrogen (secondary N) is 1. The van der Waals surface area contributed by atoms with E-state index in [1.807, 2.05) is 0 Å². The smallest absolute Gasteiger partial charge is 0.324 e. The summed E-state index contributed by atoms with van der Waals surface area (Å²) < 4.78 is 26.8. The highest BCUT2D eigenvalue weighted by atomic mass is 35.5. The van der Waals surface area contributed by atoms with Gasteiger partial charge in [0, 0.05) is 6.54 Å². The number of benzene rings is 2. The van der Waals surface area contributed by atoms with Crippen LogP contribution in [0.5, 0.6) is 5.75 Å². The normalized spacial score (nSPS) is 11.4. The van der Waals surface area contributed by atoms with Crippen molar-refractivity contribution in [1.29, 1.82) is 0 Å².